The highest BCUT2D eigenvalue weighted by molar-refractivity contribution is 4.85. The van der Waals surface area contributed by atoms with Gasteiger partial charge >= 0.3 is 0 Å². The Hall–Kier alpha value is -0.0800. The summed E-state index contributed by atoms with van der Waals surface area (Å²) in [6, 6.07) is 0. The van der Waals surface area contributed by atoms with E-state index in [-0.39, 0.29) is 0 Å². The number of rotatable bonds is 2. The highest BCUT2D eigenvalue weighted by Crippen LogP contribution is 2.28. The molecular formula is C13H27NO. The fourth-order valence-corrected chi connectivity index (χ4v) is 2.45. The van der Waals surface area contributed by atoms with Crippen LogP contribution in [0.25, 0.3) is 0 Å². The fraction of sp³-hybridized carbons (Fsp3) is 1.00. The first kappa shape index (κ1) is 13.0. The molecule has 0 aliphatic carbocycles. The summed E-state index contributed by atoms with van der Waals surface area (Å²) in [6.07, 6.45) is 2.40. The highest BCUT2D eigenvalue weighted by atomic mass is 16.3. The van der Waals surface area contributed by atoms with E-state index in [0.717, 1.165) is 13.1 Å². The molecule has 1 heterocycles. The molecule has 1 unspecified atom stereocenters. The first-order chi connectivity index (χ1) is 6.68. The molecule has 15 heavy (non-hydrogen) atoms. The quantitative estimate of drug-likeness (QED) is 0.762. The Morgan fingerprint density at radius 3 is 2.27 bits per heavy atom. The second kappa shape index (κ2) is 4.42. The Balaban J connectivity index is 2.50. The van der Waals surface area contributed by atoms with E-state index in [2.05, 4.69) is 25.7 Å². The molecule has 1 saturated heterocycles. The van der Waals surface area contributed by atoms with Crippen molar-refractivity contribution in [2.24, 2.45) is 11.3 Å². The van der Waals surface area contributed by atoms with E-state index in [1.54, 1.807) is 0 Å². The molecule has 1 aliphatic rings. The topological polar surface area (TPSA) is 23.5 Å². The molecule has 0 aromatic heterocycles. The monoisotopic (exact) mass is 213 g/mol. The third kappa shape index (κ3) is 4.52. The molecule has 2 nitrogen and oxygen atoms in total. The van der Waals surface area contributed by atoms with E-state index >= 15 is 0 Å². The molecule has 0 spiro atoms. The van der Waals surface area contributed by atoms with E-state index in [1.807, 2.05) is 13.8 Å². The Morgan fingerprint density at radius 2 is 1.80 bits per heavy atom. The molecule has 1 aliphatic heterocycles. The van der Waals surface area contributed by atoms with Crippen molar-refractivity contribution in [3.05, 3.63) is 0 Å². The van der Waals surface area contributed by atoms with Crippen molar-refractivity contribution in [3.63, 3.8) is 0 Å². The molecule has 0 aromatic rings. The van der Waals surface area contributed by atoms with E-state index in [4.69, 9.17) is 0 Å². The molecule has 1 fully saturated rings. The predicted octanol–water partition coefficient (Wildman–Crippen LogP) is 2.52. The van der Waals surface area contributed by atoms with Gasteiger partial charge in [-0.2, -0.15) is 0 Å². The zero-order valence-corrected chi connectivity index (χ0v) is 11.0. The van der Waals surface area contributed by atoms with Crippen LogP contribution in [0.1, 0.15) is 47.5 Å². The summed E-state index contributed by atoms with van der Waals surface area (Å²) in [7, 11) is 0. The molecule has 0 bridgehead atoms. The first-order valence-corrected chi connectivity index (χ1v) is 6.13. The lowest BCUT2D eigenvalue weighted by atomic mass is 9.83. The Bertz CT molecular complexity index is 200. The van der Waals surface area contributed by atoms with Crippen LogP contribution in [0.15, 0.2) is 0 Å². The molecule has 0 amide bonds. The fourth-order valence-electron chi connectivity index (χ4n) is 2.45. The van der Waals surface area contributed by atoms with Gasteiger partial charge in [-0.1, -0.05) is 20.8 Å². The van der Waals surface area contributed by atoms with Crippen LogP contribution in [0, 0.1) is 11.3 Å². The molecule has 1 N–H and O–H groups in total. The number of hydrogen-bond acceptors (Lipinski definition) is 2. The summed E-state index contributed by atoms with van der Waals surface area (Å²) in [5.41, 5.74) is -0.155. The Kier molecular flexibility index (Phi) is 3.83. The first-order valence-electron chi connectivity index (χ1n) is 6.13. The van der Waals surface area contributed by atoms with E-state index < -0.39 is 5.60 Å². The maximum Gasteiger partial charge on any atom is 0.0632 e. The minimum atomic E-state index is -0.517. The molecule has 1 rings (SSSR count). The van der Waals surface area contributed by atoms with Gasteiger partial charge in [-0.3, -0.25) is 0 Å². The second-order valence-corrected chi connectivity index (χ2v) is 6.79. The van der Waals surface area contributed by atoms with Crippen molar-refractivity contribution in [3.8, 4) is 0 Å². The molecule has 0 radical (unpaired) electrons. The molecule has 90 valence electrons. The normalized spacial score (nSPS) is 25.6. The van der Waals surface area contributed by atoms with Crippen molar-refractivity contribution in [2.45, 2.75) is 53.1 Å². The lowest BCUT2D eigenvalue weighted by Crippen LogP contribution is -2.46. The molecule has 0 aromatic carbocycles. The summed E-state index contributed by atoms with van der Waals surface area (Å²) >= 11 is 0. The molecular weight excluding hydrogens is 186 g/mol. The van der Waals surface area contributed by atoms with Gasteiger partial charge in [0.15, 0.2) is 0 Å². The van der Waals surface area contributed by atoms with Gasteiger partial charge < -0.3 is 10.0 Å². The third-order valence-electron chi connectivity index (χ3n) is 3.20. The minimum Gasteiger partial charge on any atom is -0.390 e. The van der Waals surface area contributed by atoms with Crippen LogP contribution in [0.4, 0.5) is 0 Å². The second-order valence-electron chi connectivity index (χ2n) is 6.79. The predicted molar refractivity (Wildman–Crippen MR) is 64.9 cm³/mol. The summed E-state index contributed by atoms with van der Waals surface area (Å²) in [4.78, 5) is 2.51. The Labute approximate surface area is 94.7 Å². The van der Waals surface area contributed by atoms with Gasteiger partial charge in [-0.15, -0.1) is 0 Å². The van der Waals surface area contributed by atoms with Crippen LogP contribution in [0.3, 0.4) is 0 Å². The van der Waals surface area contributed by atoms with Crippen molar-refractivity contribution < 1.29 is 5.11 Å². The number of piperidine rings is 1. The summed E-state index contributed by atoms with van der Waals surface area (Å²) < 4.78 is 0. The minimum absolute atomic E-state index is 0.363. The smallest absolute Gasteiger partial charge is 0.0632 e. The number of nitrogens with zero attached hydrogens (tertiary/aromatic N) is 1. The van der Waals surface area contributed by atoms with Crippen molar-refractivity contribution >= 4 is 0 Å². The average Bonchev–Trinajstić information content (AvgIpc) is 1.99. The summed E-state index contributed by atoms with van der Waals surface area (Å²) in [5.74, 6) is 0.439. The van der Waals surface area contributed by atoms with Crippen LogP contribution in [0.2, 0.25) is 0 Å². The standard InChI is InChI=1S/C13H27NO/c1-12(2,3)10-14-8-6-7-11(9-14)13(4,5)15/h11,15H,6-10H2,1-5H3. The van der Waals surface area contributed by atoms with Crippen LogP contribution < -0.4 is 0 Å². The van der Waals surface area contributed by atoms with Gasteiger partial charge in [0, 0.05) is 13.1 Å². The number of likely N-dealkylation sites (tertiary alicyclic amines) is 1. The zero-order valence-electron chi connectivity index (χ0n) is 11.0. The number of aliphatic hydroxyl groups is 1. The largest absolute Gasteiger partial charge is 0.390 e. The molecule has 2 heteroatoms. The van der Waals surface area contributed by atoms with Gasteiger partial charge in [0.05, 0.1) is 5.60 Å². The maximum absolute atomic E-state index is 10.0. The van der Waals surface area contributed by atoms with Crippen LogP contribution in [-0.4, -0.2) is 35.2 Å². The lowest BCUT2D eigenvalue weighted by molar-refractivity contribution is -0.0234. The average molecular weight is 213 g/mol. The SMILES string of the molecule is CC(C)(C)CN1CCCC(C(C)(C)O)C1. The van der Waals surface area contributed by atoms with Gasteiger partial charge in [0.1, 0.15) is 0 Å². The summed E-state index contributed by atoms with van der Waals surface area (Å²) in [5, 5.41) is 10.0. The lowest BCUT2D eigenvalue weighted by Gasteiger charge is -2.41. The van der Waals surface area contributed by atoms with E-state index in [0.29, 0.717) is 11.3 Å². The third-order valence-corrected chi connectivity index (χ3v) is 3.20. The maximum atomic E-state index is 10.0. The Morgan fingerprint density at radius 1 is 1.20 bits per heavy atom. The molecule has 1 atom stereocenters. The molecule has 0 saturated carbocycles. The van der Waals surface area contributed by atoms with Gasteiger partial charge in [0.25, 0.3) is 0 Å². The van der Waals surface area contributed by atoms with Gasteiger partial charge in [0.2, 0.25) is 0 Å². The van der Waals surface area contributed by atoms with Crippen molar-refractivity contribution in [2.75, 3.05) is 19.6 Å². The van der Waals surface area contributed by atoms with E-state index in [1.165, 1.54) is 19.4 Å². The van der Waals surface area contributed by atoms with Crippen molar-refractivity contribution in [1.29, 1.82) is 0 Å². The van der Waals surface area contributed by atoms with E-state index in [9.17, 15) is 5.11 Å². The van der Waals surface area contributed by atoms with Crippen molar-refractivity contribution in [1.82, 2.24) is 4.90 Å². The van der Waals surface area contributed by atoms with Gasteiger partial charge in [-0.05, 0) is 44.6 Å². The van der Waals surface area contributed by atoms with Crippen LogP contribution >= 0.6 is 0 Å². The van der Waals surface area contributed by atoms with Crippen LogP contribution in [-0.2, 0) is 0 Å². The highest BCUT2D eigenvalue weighted by Gasteiger charge is 2.32. The zero-order chi connectivity index (χ0) is 11.7. The number of hydrogen-bond donors (Lipinski definition) is 1. The van der Waals surface area contributed by atoms with Gasteiger partial charge in [-0.25, -0.2) is 0 Å². The summed E-state index contributed by atoms with van der Waals surface area (Å²) in [6.45, 7) is 14.1. The van der Waals surface area contributed by atoms with Crippen LogP contribution in [0.5, 0.6) is 0 Å².